The molecular formula is C11H12F2O3S. The molecule has 0 spiro atoms. The summed E-state index contributed by atoms with van der Waals surface area (Å²) in [6.45, 7) is -0.912. The lowest BCUT2D eigenvalue weighted by atomic mass is 10.2. The number of thioether (sulfide) groups is 1. The molecule has 0 aliphatic rings. The Bertz CT molecular complexity index is 396. The third-order valence-corrected chi connectivity index (χ3v) is 2.67. The molecule has 6 heteroatoms. The first kappa shape index (κ1) is 13.8. The summed E-state index contributed by atoms with van der Waals surface area (Å²) >= 11 is 1.27. The van der Waals surface area contributed by atoms with Gasteiger partial charge in [-0.1, -0.05) is 0 Å². The van der Waals surface area contributed by atoms with Crippen LogP contribution in [0.15, 0.2) is 23.1 Å². The largest absolute Gasteiger partial charge is 0.462 e. The Morgan fingerprint density at radius 3 is 2.71 bits per heavy atom. The van der Waals surface area contributed by atoms with Crippen molar-refractivity contribution >= 4 is 17.7 Å². The molecule has 17 heavy (non-hydrogen) atoms. The number of ether oxygens (including phenoxy) is 2. The van der Waals surface area contributed by atoms with Crippen LogP contribution in [0.25, 0.3) is 0 Å². The molecule has 1 aromatic rings. The molecule has 1 rings (SSSR count). The highest BCUT2D eigenvalue weighted by atomic mass is 32.2. The Morgan fingerprint density at radius 1 is 1.47 bits per heavy atom. The fourth-order valence-electron chi connectivity index (χ4n) is 1.23. The van der Waals surface area contributed by atoms with E-state index in [-0.39, 0.29) is 12.4 Å². The second-order valence-electron chi connectivity index (χ2n) is 2.96. The van der Waals surface area contributed by atoms with E-state index in [1.54, 1.807) is 13.2 Å². The molecule has 0 aliphatic heterocycles. The molecule has 94 valence electrons. The summed E-state index contributed by atoms with van der Waals surface area (Å²) in [5.74, 6) is -0.446. The molecule has 0 unspecified atom stereocenters. The molecule has 0 saturated heterocycles. The number of hydrogen-bond acceptors (Lipinski definition) is 4. The van der Waals surface area contributed by atoms with Gasteiger partial charge in [-0.15, -0.1) is 11.8 Å². The maximum Gasteiger partial charge on any atom is 0.387 e. The van der Waals surface area contributed by atoms with Gasteiger partial charge in [-0.25, -0.2) is 4.79 Å². The van der Waals surface area contributed by atoms with Crippen molar-refractivity contribution in [1.29, 1.82) is 0 Å². The van der Waals surface area contributed by atoms with Gasteiger partial charge in [0, 0.05) is 4.90 Å². The molecule has 3 nitrogen and oxygen atoms in total. The molecule has 1 aromatic carbocycles. The van der Waals surface area contributed by atoms with Crippen LogP contribution in [0, 0.1) is 0 Å². The fraction of sp³-hybridized carbons (Fsp3) is 0.364. The zero-order chi connectivity index (χ0) is 12.8. The third-order valence-electron chi connectivity index (χ3n) is 1.89. The molecule has 0 saturated carbocycles. The summed E-state index contributed by atoms with van der Waals surface area (Å²) in [5, 5.41) is 0. The number of alkyl halides is 2. The third kappa shape index (κ3) is 3.89. The summed E-state index contributed by atoms with van der Waals surface area (Å²) in [6, 6.07) is 4.13. The van der Waals surface area contributed by atoms with E-state index < -0.39 is 12.6 Å². The predicted octanol–water partition coefficient (Wildman–Crippen LogP) is 3.19. The van der Waals surface area contributed by atoms with E-state index in [4.69, 9.17) is 4.74 Å². The van der Waals surface area contributed by atoms with Crippen LogP contribution in [0.4, 0.5) is 8.78 Å². The van der Waals surface area contributed by atoms with E-state index in [0.717, 1.165) is 0 Å². The van der Waals surface area contributed by atoms with Crippen molar-refractivity contribution < 1.29 is 23.0 Å². The lowest BCUT2D eigenvalue weighted by molar-refractivity contribution is -0.0499. The van der Waals surface area contributed by atoms with Gasteiger partial charge < -0.3 is 9.47 Å². The monoisotopic (exact) mass is 262 g/mol. The van der Waals surface area contributed by atoms with Crippen LogP contribution in [0.2, 0.25) is 0 Å². The van der Waals surface area contributed by atoms with Gasteiger partial charge in [0.25, 0.3) is 0 Å². The summed E-state index contributed by atoms with van der Waals surface area (Å²) in [6.07, 6.45) is 1.74. The molecule has 0 radical (unpaired) electrons. The lowest BCUT2D eigenvalue weighted by Gasteiger charge is -2.09. The zero-order valence-electron chi connectivity index (χ0n) is 9.41. The van der Waals surface area contributed by atoms with Gasteiger partial charge in [-0.2, -0.15) is 8.78 Å². The number of benzene rings is 1. The van der Waals surface area contributed by atoms with Crippen LogP contribution < -0.4 is 4.74 Å². The topological polar surface area (TPSA) is 35.5 Å². The van der Waals surface area contributed by atoms with Crippen LogP contribution in [-0.2, 0) is 4.74 Å². The number of carbonyl (C=O) groups is 1. The van der Waals surface area contributed by atoms with E-state index in [0.29, 0.717) is 10.5 Å². The maximum absolute atomic E-state index is 12.0. The van der Waals surface area contributed by atoms with Crippen LogP contribution in [-0.4, -0.2) is 25.4 Å². The smallest absolute Gasteiger partial charge is 0.387 e. The number of rotatable bonds is 5. The predicted molar refractivity (Wildman–Crippen MR) is 60.8 cm³/mol. The molecular weight excluding hydrogens is 250 g/mol. The highest BCUT2D eigenvalue weighted by molar-refractivity contribution is 7.98. The Balaban J connectivity index is 2.96. The molecule has 0 heterocycles. The standard InChI is InChI=1S/C11H12F2O3S/c1-3-15-10(14)8-5-4-7(16-11(12)13)6-9(8)17-2/h4-6,11H,3H2,1-2H3. The molecule has 0 bridgehead atoms. The Morgan fingerprint density at radius 2 is 2.18 bits per heavy atom. The molecule has 0 N–H and O–H groups in total. The molecule has 0 aliphatic carbocycles. The van der Waals surface area contributed by atoms with E-state index in [9.17, 15) is 13.6 Å². The Labute approximate surface area is 102 Å². The van der Waals surface area contributed by atoms with Crippen LogP contribution in [0.1, 0.15) is 17.3 Å². The van der Waals surface area contributed by atoms with Gasteiger partial charge in [0.1, 0.15) is 5.75 Å². The van der Waals surface area contributed by atoms with Gasteiger partial charge >= 0.3 is 12.6 Å². The van der Waals surface area contributed by atoms with Crippen molar-refractivity contribution in [1.82, 2.24) is 0 Å². The highest BCUT2D eigenvalue weighted by Gasteiger charge is 2.14. The van der Waals surface area contributed by atoms with Crippen molar-refractivity contribution in [3.63, 3.8) is 0 Å². The van der Waals surface area contributed by atoms with Gasteiger partial charge in [0.05, 0.1) is 12.2 Å². The lowest BCUT2D eigenvalue weighted by Crippen LogP contribution is -2.07. The van der Waals surface area contributed by atoms with E-state index in [1.165, 1.54) is 30.0 Å². The SMILES string of the molecule is CCOC(=O)c1ccc(OC(F)F)cc1SC. The van der Waals surface area contributed by atoms with Crippen LogP contribution >= 0.6 is 11.8 Å². The van der Waals surface area contributed by atoms with Gasteiger partial charge in [0.15, 0.2) is 0 Å². The van der Waals surface area contributed by atoms with Crippen LogP contribution in [0.5, 0.6) is 5.75 Å². The molecule has 0 amide bonds. The van der Waals surface area contributed by atoms with Gasteiger partial charge in [-0.3, -0.25) is 0 Å². The first-order valence-electron chi connectivity index (χ1n) is 4.88. The molecule has 0 aromatic heterocycles. The summed E-state index contributed by atoms with van der Waals surface area (Å²) in [4.78, 5) is 12.1. The van der Waals surface area contributed by atoms with E-state index in [2.05, 4.69) is 4.74 Å². The number of esters is 1. The Kier molecular flexibility index (Phi) is 5.21. The normalized spacial score (nSPS) is 10.4. The summed E-state index contributed by atoms with van der Waals surface area (Å²) in [7, 11) is 0. The minimum Gasteiger partial charge on any atom is -0.462 e. The average molecular weight is 262 g/mol. The average Bonchev–Trinajstić information content (AvgIpc) is 2.28. The highest BCUT2D eigenvalue weighted by Crippen LogP contribution is 2.27. The van der Waals surface area contributed by atoms with Crippen molar-refractivity contribution in [3.05, 3.63) is 23.8 Å². The fourth-order valence-corrected chi connectivity index (χ4v) is 1.83. The minimum atomic E-state index is -2.88. The first-order chi connectivity index (χ1) is 8.08. The van der Waals surface area contributed by atoms with Gasteiger partial charge in [-0.05, 0) is 31.4 Å². The number of hydrogen-bond donors (Lipinski definition) is 0. The van der Waals surface area contributed by atoms with Crippen molar-refractivity contribution in [2.45, 2.75) is 18.4 Å². The molecule has 0 atom stereocenters. The second-order valence-corrected chi connectivity index (χ2v) is 3.81. The van der Waals surface area contributed by atoms with E-state index >= 15 is 0 Å². The van der Waals surface area contributed by atoms with E-state index in [1.807, 2.05) is 0 Å². The minimum absolute atomic E-state index is 0.0254. The van der Waals surface area contributed by atoms with Gasteiger partial charge in [0.2, 0.25) is 0 Å². The maximum atomic E-state index is 12.0. The van der Waals surface area contributed by atoms with Crippen LogP contribution in [0.3, 0.4) is 0 Å². The summed E-state index contributed by atoms with van der Waals surface area (Å²) in [5.41, 5.74) is 0.348. The van der Waals surface area contributed by atoms with Crippen molar-refractivity contribution in [2.24, 2.45) is 0 Å². The van der Waals surface area contributed by atoms with Crippen molar-refractivity contribution in [2.75, 3.05) is 12.9 Å². The summed E-state index contributed by atoms with van der Waals surface area (Å²) < 4.78 is 33.1. The molecule has 0 fully saturated rings. The second kappa shape index (κ2) is 6.44. The number of halogens is 2. The van der Waals surface area contributed by atoms with Crippen molar-refractivity contribution in [3.8, 4) is 5.75 Å². The Hall–Kier alpha value is -1.30. The zero-order valence-corrected chi connectivity index (χ0v) is 10.2. The quantitative estimate of drug-likeness (QED) is 0.603. The first-order valence-corrected chi connectivity index (χ1v) is 6.11. The number of carbonyl (C=O) groups excluding carboxylic acids is 1.